The van der Waals surface area contributed by atoms with E-state index in [1.807, 2.05) is 36.4 Å². The van der Waals surface area contributed by atoms with Gasteiger partial charge in [-0.25, -0.2) is 0 Å². The van der Waals surface area contributed by atoms with E-state index in [1.54, 1.807) is 146 Å². The molecular formula is C72H54N6O18. The van der Waals surface area contributed by atoms with Gasteiger partial charge in [-0.3, -0.25) is 72.2 Å². The molecule has 6 N–H and O–H groups in total. The van der Waals surface area contributed by atoms with Crippen molar-refractivity contribution in [1.82, 2.24) is 0 Å². The fourth-order valence-electron chi connectivity index (χ4n) is 16.8. The highest BCUT2D eigenvalue weighted by atomic mass is 16.6. The van der Waals surface area contributed by atoms with E-state index in [-0.39, 0.29) is 0 Å². The van der Waals surface area contributed by atoms with Crippen LogP contribution >= 0.6 is 0 Å². The first-order valence-electron chi connectivity index (χ1n) is 31.2. The van der Waals surface area contributed by atoms with Gasteiger partial charge in [0.25, 0.3) is 0 Å². The van der Waals surface area contributed by atoms with E-state index in [0.717, 1.165) is 32.7 Å². The zero-order valence-electron chi connectivity index (χ0n) is 50.1. The number of carbonyl (C=O) groups is 12. The highest BCUT2D eigenvalue weighted by Crippen LogP contribution is 2.61. The van der Waals surface area contributed by atoms with Gasteiger partial charge in [0, 0.05) is 52.6 Å². The lowest BCUT2D eigenvalue weighted by Crippen LogP contribution is -2.50. The molecular weight excluding hydrogens is 1240 g/mol. The van der Waals surface area contributed by atoms with Gasteiger partial charge in [-0.05, 0) is 146 Å². The molecule has 9 fully saturated rings. The fourth-order valence-corrected chi connectivity index (χ4v) is 16.8. The molecule has 3 saturated carbocycles. The van der Waals surface area contributed by atoms with Crippen molar-refractivity contribution in [2.24, 2.45) is 107 Å². The van der Waals surface area contributed by atoms with E-state index in [1.165, 1.54) is 4.90 Å². The van der Waals surface area contributed by atoms with Gasteiger partial charge in [-0.1, -0.05) is 36.5 Å². The molecule has 6 saturated heterocycles. The van der Waals surface area contributed by atoms with Gasteiger partial charge in [-0.15, -0.1) is 0 Å². The number of hydrogen-bond acceptors (Lipinski definition) is 21. The summed E-state index contributed by atoms with van der Waals surface area (Å²) in [5.41, 5.74) is 20.0. The van der Waals surface area contributed by atoms with Crippen LogP contribution in [0.5, 0.6) is 34.5 Å². The Labute approximate surface area is 544 Å². The average Bonchev–Trinajstić information content (AvgIpc) is 1.55. The molecule has 6 aliphatic heterocycles. The van der Waals surface area contributed by atoms with Crippen LogP contribution in [0.25, 0.3) is 0 Å². The third-order valence-corrected chi connectivity index (χ3v) is 20.9. The summed E-state index contributed by atoms with van der Waals surface area (Å²) >= 11 is 0. The SMILES string of the molecule is Nc1ccc(Oc2ccc(N)cc2)cc1.Nc1ccc(Oc2ccc(N3C(=O)C4C5C=CC(C4C3=O)C3C(=O)N(c4ccc(Oc6ccc(N7C(=O)C8C9C=CC(C%10C(=O)OC(=O)C9%10)C8C7=O)cc6)cc4)C(=O)C53)cc2)cc1.O=C1OC(=O)C2C3C=CC(C12)C1C(=O)OC(=O)C31. The van der Waals surface area contributed by atoms with Crippen molar-refractivity contribution in [3.05, 3.63) is 182 Å². The summed E-state index contributed by atoms with van der Waals surface area (Å²) in [6.45, 7) is 0. The van der Waals surface area contributed by atoms with Crippen LogP contribution in [0.15, 0.2) is 182 Å². The highest BCUT2D eigenvalue weighted by molar-refractivity contribution is 6.27. The van der Waals surface area contributed by atoms with Crippen molar-refractivity contribution >= 4 is 105 Å². The number of nitrogens with two attached hydrogens (primary N) is 3. The van der Waals surface area contributed by atoms with Gasteiger partial charge >= 0.3 is 35.8 Å². The van der Waals surface area contributed by atoms with Crippen LogP contribution in [-0.4, -0.2) is 71.3 Å². The Kier molecular flexibility index (Phi) is 13.7. The van der Waals surface area contributed by atoms with Gasteiger partial charge in [0.05, 0.1) is 88.1 Å². The molecule has 6 aromatic rings. The monoisotopic (exact) mass is 1290 g/mol. The van der Waals surface area contributed by atoms with Gasteiger partial charge in [0.1, 0.15) is 34.5 Å². The molecule has 0 aromatic heterocycles. The molecule has 24 nitrogen and oxygen atoms in total. The molecule has 6 bridgehead atoms. The zero-order chi connectivity index (χ0) is 66.4. The predicted octanol–water partition coefficient (Wildman–Crippen LogP) is 6.89. The number of hydrogen-bond donors (Lipinski definition) is 3. The molecule has 9 aliphatic carbocycles. The average molecular weight is 1290 g/mol. The van der Waals surface area contributed by atoms with E-state index in [4.69, 9.17) is 36.1 Å². The Morgan fingerprint density at radius 3 is 0.573 bits per heavy atom. The molecule has 6 amide bonds. The largest absolute Gasteiger partial charge is 0.457 e. The summed E-state index contributed by atoms with van der Waals surface area (Å²) in [5.74, 6) is -15.0. The van der Waals surface area contributed by atoms with Crippen molar-refractivity contribution in [2.45, 2.75) is 0 Å². The first-order chi connectivity index (χ1) is 46.3. The minimum Gasteiger partial charge on any atom is -0.457 e. The predicted molar refractivity (Wildman–Crippen MR) is 333 cm³/mol. The maximum atomic E-state index is 14.2. The van der Waals surface area contributed by atoms with Gasteiger partial charge in [0.2, 0.25) is 35.4 Å². The molecule has 6 heterocycles. The Morgan fingerprint density at radius 1 is 0.229 bits per heavy atom. The van der Waals surface area contributed by atoms with Crippen LogP contribution in [-0.2, 0) is 71.7 Å². The Bertz CT molecular complexity index is 4280. The van der Waals surface area contributed by atoms with Crippen molar-refractivity contribution in [1.29, 1.82) is 0 Å². The molecule has 16 atom stereocenters. The number of cyclic esters (lactones) is 6. The number of nitrogens with zero attached hydrogens (tertiary/aromatic N) is 3. The lowest BCUT2D eigenvalue weighted by molar-refractivity contribution is -0.156. The Hall–Kier alpha value is -11.8. The maximum Gasteiger partial charge on any atom is 0.318 e. The molecule has 96 heavy (non-hydrogen) atoms. The molecule has 6 aromatic carbocycles. The molecule has 15 aliphatic rings. The quantitative estimate of drug-likeness (QED) is 0.0331. The number of amides is 6. The van der Waals surface area contributed by atoms with E-state index in [0.29, 0.717) is 45.7 Å². The van der Waals surface area contributed by atoms with Crippen molar-refractivity contribution in [2.75, 3.05) is 31.9 Å². The van der Waals surface area contributed by atoms with Crippen LogP contribution in [0.4, 0.5) is 34.1 Å². The van der Waals surface area contributed by atoms with Gasteiger partial charge in [0.15, 0.2) is 0 Å². The Balaban J connectivity index is 0.000000177. The number of ether oxygens (including phenoxy) is 6. The molecule has 0 spiro atoms. The van der Waals surface area contributed by atoms with E-state index >= 15 is 0 Å². The number of rotatable bonds is 9. The van der Waals surface area contributed by atoms with Crippen LogP contribution in [0.3, 0.4) is 0 Å². The third-order valence-electron chi connectivity index (χ3n) is 20.9. The summed E-state index contributed by atoms with van der Waals surface area (Å²) in [6.07, 6.45) is 10.6. The van der Waals surface area contributed by atoms with E-state index < -0.39 is 178 Å². The first kappa shape index (κ1) is 59.2. The topological polar surface area (TPSA) is 348 Å². The van der Waals surface area contributed by atoms with Crippen LogP contribution in [0.2, 0.25) is 0 Å². The minimum absolute atomic E-state index is 0.322. The molecule has 0 radical (unpaired) electrons. The fraction of sp³-hybridized carbons (Fsp3) is 0.250. The second-order valence-corrected chi connectivity index (χ2v) is 25.7. The number of benzene rings is 6. The summed E-state index contributed by atoms with van der Waals surface area (Å²) in [7, 11) is 0. The summed E-state index contributed by atoms with van der Waals surface area (Å²) in [5, 5.41) is 0. The summed E-state index contributed by atoms with van der Waals surface area (Å²) in [4.78, 5) is 159. The maximum absolute atomic E-state index is 14.2. The molecule has 21 rings (SSSR count). The first-order valence-corrected chi connectivity index (χ1v) is 31.2. The number of imide groups is 3. The third kappa shape index (κ3) is 9.16. The number of carbonyl (C=O) groups excluding carboxylic acids is 12. The van der Waals surface area contributed by atoms with Crippen molar-refractivity contribution in [3.8, 4) is 34.5 Å². The second-order valence-electron chi connectivity index (χ2n) is 25.7. The summed E-state index contributed by atoms with van der Waals surface area (Å²) < 4.78 is 31.7. The number of allylic oxidation sites excluding steroid dienone is 6. The lowest BCUT2D eigenvalue weighted by Gasteiger charge is -2.44. The molecule has 24 heteroatoms. The standard InChI is InChI=1S/C48H34N4O11.C12H12N2O.C12H8O6/c49-21-1-9-25(10-2-21)61-26-11-3-22(4-12-26)50-41(53)33-29-17-18-30(34(33)42(50)54)36-35(29)43(55)51(44(36)56)23-5-13-27(14-6-23)62-28-15-7-24(8-16-28)52-45(57)37-31-19-20-32(38(37)46(52)58)40-39(31)47(59)63-48(40)60;13-9-1-5-11(6-2-9)15-12-7-3-10(14)4-8-12;13-9-5-3-1-2-4(7(5)11(15)17-9)8-6(3)10(14)18-12(8)16/h1-20,29-40H,49H2;1-8H,13-14H2;1-8H. The minimum atomic E-state index is -0.807. The lowest BCUT2D eigenvalue weighted by atomic mass is 9.54. The number of nitrogen functional groups attached to an aromatic ring is 3. The molecule has 16 unspecified atom stereocenters. The van der Waals surface area contributed by atoms with Gasteiger partial charge in [-0.2, -0.15) is 0 Å². The van der Waals surface area contributed by atoms with Gasteiger partial charge < -0.3 is 45.6 Å². The number of esters is 6. The zero-order valence-corrected chi connectivity index (χ0v) is 50.1. The van der Waals surface area contributed by atoms with Crippen molar-refractivity contribution < 1.29 is 86.0 Å². The number of anilines is 6. The van der Waals surface area contributed by atoms with Crippen molar-refractivity contribution in [3.63, 3.8) is 0 Å². The van der Waals surface area contributed by atoms with Crippen LogP contribution in [0, 0.1) is 107 Å². The van der Waals surface area contributed by atoms with Crippen LogP contribution in [0.1, 0.15) is 0 Å². The van der Waals surface area contributed by atoms with E-state index in [9.17, 15) is 57.5 Å². The van der Waals surface area contributed by atoms with Crippen LogP contribution < -0.4 is 46.1 Å². The smallest absolute Gasteiger partial charge is 0.318 e. The summed E-state index contributed by atoms with van der Waals surface area (Å²) in [6, 6.07) is 40.7. The highest BCUT2D eigenvalue weighted by Gasteiger charge is 2.71. The van der Waals surface area contributed by atoms with E-state index in [2.05, 4.69) is 9.47 Å². The second kappa shape index (κ2) is 22.2. The Morgan fingerprint density at radius 2 is 0.385 bits per heavy atom. The normalized spacial score (nSPS) is 32.2. The molecule has 480 valence electrons.